The summed E-state index contributed by atoms with van der Waals surface area (Å²) in [6.45, 7) is 1.26. The van der Waals surface area contributed by atoms with Crippen molar-refractivity contribution in [2.24, 2.45) is 5.73 Å². The van der Waals surface area contributed by atoms with Crippen LogP contribution < -0.4 is 11.1 Å². The molecule has 4 rings (SSSR count). The minimum absolute atomic E-state index is 0.116. The zero-order chi connectivity index (χ0) is 22.7. The molecule has 0 aromatic carbocycles. The van der Waals surface area contributed by atoms with Crippen molar-refractivity contribution in [2.75, 3.05) is 19.7 Å². The molecule has 1 amide bonds. The molecule has 4 N–H and O–H groups in total. The van der Waals surface area contributed by atoms with Crippen molar-refractivity contribution in [3.63, 3.8) is 0 Å². The van der Waals surface area contributed by atoms with Gasteiger partial charge in [-0.05, 0) is 0 Å². The number of alkyl carbamates (subject to hydrolysis) is 1. The molecule has 12 nitrogen and oxygen atoms in total. The van der Waals surface area contributed by atoms with Crippen LogP contribution >= 0.6 is 19.4 Å². The van der Waals surface area contributed by atoms with Crippen LogP contribution in [0.4, 0.5) is 4.79 Å². The quantitative estimate of drug-likeness (QED) is 0.206. The van der Waals surface area contributed by atoms with Gasteiger partial charge in [0.1, 0.15) is 0 Å². The summed E-state index contributed by atoms with van der Waals surface area (Å²) in [5.74, 6) is 0. The topological polar surface area (TPSA) is 156 Å². The molecule has 2 aromatic heterocycles. The molecule has 32 heavy (non-hydrogen) atoms. The molecule has 2 aromatic rings. The Balaban J connectivity index is 1.50. The van der Waals surface area contributed by atoms with Gasteiger partial charge in [-0.25, -0.2) is 0 Å². The van der Waals surface area contributed by atoms with Gasteiger partial charge in [-0.3, -0.25) is 0 Å². The molecule has 4 heterocycles. The molecule has 15 heteroatoms. The van der Waals surface area contributed by atoms with Crippen molar-refractivity contribution in [1.29, 1.82) is 0 Å². The van der Waals surface area contributed by atoms with Gasteiger partial charge in [0.05, 0.1) is 0 Å². The van der Waals surface area contributed by atoms with Gasteiger partial charge in [-0.1, -0.05) is 0 Å². The van der Waals surface area contributed by atoms with E-state index in [-0.39, 0.29) is 11.8 Å². The molecule has 1 unspecified atom stereocenters. The van der Waals surface area contributed by atoms with Crippen molar-refractivity contribution in [2.45, 2.75) is 50.2 Å². The molecule has 0 spiro atoms. The van der Waals surface area contributed by atoms with Gasteiger partial charge in [0.25, 0.3) is 0 Å². The number of aromatic nitrogens is 4. The van der Waals surface area contributed by atoms with E-state index in [1.54, 1.807) is 4.57 Å². The summed E-state index contributed by atoms with van der Waals surface area (Å²) in [5.41, 5.74) is 6.31. The number of amides is 1. The number of ether oxygens (including phenoxy) is 2. The van der Waals surface area contributed by atoms with E-state index in [0.717, 1.165) is 25.7 Å². The van der Waals surface area contributed by atoms with Crippen LogP contribution in [0.5, 0.6) is 0 Å². The second-order valence-corrected chi connectivity index (χ2v) is 10.5. The first-order valence-electron chi connectivity index (χ1n) is 10.6. The third-order valence-corrected chi connectivity index (χ3v) is 7.08. The number of imidazole rings is 1. The minimum atomic E-state index is -3.36. The van der Waals surface area contributed by atoms with E-state index in [2.05, 4.69) is 20.3 Å². The van der Waals surface area contributed by atoms with Gasteiger partial charge >= 0.3 is 185 Å². The molecule has 0 saturated carbocycles. The number of hydrogen-bond donors (Lipinski definition) is 3. The summed E-state index contributed by atoms with van der Waals surface area (Å²) in [5, 5.41) is 2.96. The third kappa shape index (κ3) is 5.14. The van der Waals surface area contributed by atoms with Gasteiger partial charge in [-0.15, -0.1) is 0 Å². The van der Waals surface area contributed by atoms with Gasteiger partial charge < -0.3 is 5.73 Å². The Morgan fingerprint density at radius 2 is 2.19 bits per heavy atom. The first-order chi connectivity index (χ1) is 15.4. The zero-order valence-corrected chi connectivity index (χ0v) is 19.4. The number of carbonyl (C=O) groups is 1. The van der Waals surface area contributed by atoms with Crippen LogP contribution in [0.2, 0.25) is 5.15 Å². The molecule has 2 saturated heterocycles. The van der Waals surface area contributed by atoms with Crippen molar-refractivity contribution in [1.82, 2.24) is 24.8 Å². The third-order valence-electron chi connectivity index (χ3n) is 5.39. The molecule has 2 fully saturated rings. The summed E-state index contributed by atoms with van der Waals surface area (Å²) in [6.07, 6.45) is 3.05. The number of fused-ring (bicyclic) bond motifs is 2. The van der Waals surface area contributed by atoms with Gasteiger partial charge in [0.2, 0.25) is 0 Å². The summed E-state index contributed by atoms with van der Waals surface area (Å²) in [7, 11) is -1.86. The van der Waals surface area contributed by atoms with Crippen molar-refractivity contribution >= 4 is 44.2 Å². The van der Waals surface area contributed by atoms with Crippen molar-refractivity contribution < 1.29 is 28.2 Å². The fraction of sp³-hybridized carbons (Fsp3) is 0.647. The fourth-order valence-electron chi connectivity index (χ4n) is 3.85. The van der Waals surface area contributed by atoms with Gasteiger partial charge in [-0.2, -0.15) is 0 Å². The number of nitrogens with two attached hydrogens (primary N) is 1. The monoisotopic (exact) mass is 488 g/mol. The van der Waals surface area contributed by atoms with E-state index in [0.29, 0.717) is 24.3 Å². The number of rotatable bonds is 8. The summed E-state index contributed by atoms with van der Waals surface area (Å²) < 4.78 is 24.7. The van der Waals surface area contributed by atoms with Crippen molar-refractivity contribution in [3.05, 3.63) is 17.8 Å². The Hall–Kier alpha value is -1.60. The van der Waals surface area contributed by atoms with Gasteiger partial charge in [0.15, 0.2) is 0 Å². The van der Waals surface area contributed by atoms with Crippen LogP contribution in [-0.4, -0.2) is 76.1 Å². The normalized spacial score (nSPS) is 27.7. The average molecular weight is 489 g/mol. The SMILES string of the molecule is B[PH]1(O)OC[C@H]2O[C@@H](n3cnc4c(Cl)ncnc43)C(OC(=O)NCCCCCCN)[C@H]2O1. The van der Waals surface area contributed by atoms with Crippen LogP contribution in [0.15, 0.2) is 12.7 Å². The predicted molar refractivity (Wildman–Crippen MR) is 120 cm³/mol. The fourth-order valence-corrected chi connectivity index (χ4v) is 5.35. The van der Waals surface area contributed by atoms with E-state index in [9.17, 15) is 9.69 Å². The number of halogens is 1. The standard InChI is InChI=1S/C17H27BClN6O6P/c18-32(27)28-7-10-12(31-32)13(30-17(26)21-6-4-2-1-3-5-20)16(29-10)25-9-24-11-14(19)22-8-23-15(11)25/h8-10,12-13,16,27,32H,1-7,18,20H2,(H,21,26)/t10-,12+,13?,16-/m1/s1. The van der Waals surface area contributed by atoms with Crippen LogP contribution in [0, 0.1) is 0 Å². The average Bonchev–Trinajstić information content (AvgIpc) is 3.32. The molecular weight excluding hydrogens is 461 g/mol. The Labute approximate surface area is 191 Å². The maximum atomic E-state index is 12.5. The first-order valence-corrected chi connectivity index (χ1v) is 13.2. The molecule has 2 aliphatic heterocycles. The zero-order valence-electron chi connectivity index (χ0n) is 17.6. The van der Waals surface area contributed by atoms with Crippen molar-refractivity contribution in [3.8, 4) is 0 Å². The number of nitrogens with one attached hydrogen (secondary N) is 1. The maximum absolute atomic E-state index is 12.5. The van der Waals surface area contributed by atoms with E-state index in [1.807, 2.05) is 0 Å². The van der Waals surface area contributed by atoms with E-state index < -0.39 is 38.5 Å². The molecule has 0 radical (unpaired) electrons. The Morgan fingerprint density at radius 3 is 3.00 bits per heavy atom. The van der Waals surface area contributed by atoms with Crippen LogP contribution in [0.25, 0.3) is 11.2 Å². The number of carbonyl (C=O) groups excluding carboxylic acids is 1. The second kappa shape index (κ2) is 10.1. The van der Waals surface area contributed by atoms with E-state index in [4.69, 9.17) is 35.9 Å². The Bertz CT molecular complexity index is 953. The summed E-state index contributed by atoms with van der Waals surface area (Å²) in [4.78, 5) is 35.3. The first kappa shape index (κ1) is 23.6. The molecule has 0 aliphatic carbocycles. The van der Waals surface area contributed by atoms with E-state index in [1.165, 1.54) is 20.2 Å². The molecule has 2 aliphatic rings. The second-order valence-electron chi connectivity index (χ2n) is 7.84. The Kier molecular flexibility index (Phi) is 7.45. The molecule has 0 bridgehead atoms. The van der Waals surface area contributed by atoms with E-state index >= 15 is 0 Å². The summed E-state index contributed by atoms with van der Waals surface area (Å²) >= 11 is 6.12. The number of hydrogen-bond acceptors (Lipinski definition) is 10. The van der Waals surface area contributed by atoms with Gasteiger partial charge in [0, 0.05) is 0 Å². The predicted octanol–water partition coefficient (Wildman–Crippen LogP) is 0.442. The number of nitrogens with zero attached hydrogens (tertiary/aromatic N) is 4. The van der Waals surface area contributed by atoms with Crippen LogP contribution in [0.3, 0.4) is 0 Å². The number of unbranched alkanes of at least 4 members (excludes halogenated alkanes) is 3. The molecule has 4 atom stereocenters. The van der Waals surface area contributed by atoms with Crippen LogP contribution in [0.1, 0.15) is 31.9 Å². The summed E-state index contributed by atoms with van der Waals surface area (Å²) in [6, 6.07) is 0. The molecule has 176 valence electrons. The molecular formula is C17H27BClN6O6P. The van der Waals surface area contributed by atoms with Crippen LogP contribution in [-0.2, 0) is 18.5 Å². The Morgan fingerprint density at radius 1 is 1.38 bits per heavy atom.